The van der Waals surface area contributed by atoms with E-state index in [9.17, 15) is 4.79 Å². The van der Waals surface area contributed by atoms with E-state index in [2.05, 4.69) is 17.5 Å². The second kappa shape index (κ2) is 5.00. The molecule has 3 rings (SSSR count). The van der Waals surface area contributed by atoms with Gasteiger partial charge in [-0.3, -0.25) is 4.79 Å². The Morgan fingerprint density at radius 2 is 2.19 bits per heavy atom. The molecule has 0 aliphatic heterocycles. The predicted molar refractivity (Wildman–Crippen MR) is 82.1 cm³/mol. The highest BCUT2D eigenvalue weighted by Crippen LogP contribution is 2.66. The summed E-state index contributed by atoms with van der Waals surface area (Å²) < 4.78 is 5.62. The van der Waals surface area contributed by atoms with Crippen molar-refractivity contribution < 1.29 is 9.21 Å². The molecular formula is C17H24N2O2. The van der Waals surface area contributed by atoms with E-state index in [4.69, 9.17) is 4.42 Å². The van der Waals surface area contributed by atoms with Crippen molar-refractivity contribution in [1.29, 1.82) is 0 Å². The lowest BCUT2D eigenvalue weighted by Gasteiger charge is -2.15. The number of furan rings is 1. The van der Waals surface area contributed by atoms with Crippen molar-refractivity contribution >= 4 is 11.6 Å². The molecule has 4 nitrogen and oxygen atoms in total. The number of carbonyl (C=O) groups is 1. The van der Waals surface area contributed by atoms with Crippen LogP contribution in [0, 0.1) is 31.1 Å². The van der Waals surface area contributed by atoms with Crippen LogP contribution >= 0.6 is 0 Å². The number of amides is 1. The summed E-state index contributed by atoms with van der Waals surface area (Å²) >= 11 is 0. The molecule has 1 N–H and O–H groups in total. The molecule has 0 radical (unpaired) electrons. The van der Waals surface area contributed by atoms with Gasteiger partial charge in [-0.05, 0) is 56.6 Å². The molecule has 3 atom stereocenters. The van der Waals surface area contributed by atoms with Crippen molar-refractivity contribution in [3.63, 3.8) is 0 Å². The van der Waals surface area contributed by atoms with Gasteiger partial charge >= 0.3 is 0 Å². The van der Waals surface area contributed by atoms with Crippen LogP contribution in [0.4, 0.5) is 0 Å². The summed E-state index contributed by atoms with van der Waals surface area (Å²) in [4.78, 5) is 12.4. The monoisotopic (exact) mass is 288 g/mol. The van der Waals surface area contributed by atoms with Crippen molar-refractivity contribution in [3.05, 3.63) is 23.2 Å². The zero-order valence-electron chi connectivity index (χ0n) is 13.3. The third-order valence-corrected chi connectivity index (χ3v) is 5.32. The van der Waals surface area contributed by atoms with Crippen LogP contribution in [0.5, 0.6) is 0 Å². The Hall–Kier alpha value is -1.58. The van der Waals surface area contributed by atoms with Gasteiger partial charge in [-0.15, -0.1) is 0 Å². The zero-order valence-corrected chi connectivity index (χ0v) is 13.3. The lowest BCUT2D eigenvalue weighted by atomic mass is 9.90. The Balaban J connectivity index is 1.66. The first kappa shape index (κ1) is 14.4. The SMILES string of the molecule is C/C(=N/NC(=O)[C@@H]1[C@H]2CCCC[C@]21C)c1oc(C)cc1C. The van der Waals surface area contributed by atoms with E-state index in [-0.39, 0.29) is 17.2 Å². The molecule has 0 spiro atoms. The molecule has 0 saturated heterocycles. The molecule has 0 bridgehead atoms. The van der Waals surface area contributed by atoms with Gasteiger partial charge in [0.05, 0.1) is 0 Å². The fourth-order valence-corrected chi connectivity index (χ4v) is 4.11. The molecule has 0 unspecified atom stereocenters. The van der Waals surface area contributed by atoms with Crippen LogP contribution in [0.25, 0.3) is 0 Å². The first-order chi connectivity index (χ1) is 9.93. The van der Waals surface area contributed by atoms with Gasteiger partial charge in [0.25, 0.3) is 0 Å². The first-order valence-electron chi connectivity index (χ1n) is 7.85. The average Bonchev–Trinajstić information content (AvgIpc) is 2.93. The molecule has 2 aliphatic rings. The van der Waals surface area contributed by atoms with Crippen LogP contribution < -0.4 is 5.43 Å². The minimum atomic E-state index is 0.0738. The van der Waals surface area contributed by atoms with E-state index in [1.807, 2.05) is 26.8 Å². The Morgan fingerprint density at radius 3 is 2.76 bits per heavy atom. The molecule has 1 aromatic heterocycles. The van der Waals surface area contributed by atoms with Gasteiger partial charge in [0.1, 0.15) is 11.5 Å². The van der Waals surface area contributed by atoms with Gasteiger partial charge in [-0.2, -0.15) is 5.10 Å². The Morgan fingerprint density at radius 1 is 1.43 bits per heavy atom. The van der Waals surface area contributed by atoms with Crippen LogP contribution in [-0.4, -0.2) is 11.6 Å². The summed E-state index contributed by atoms with van der Waals surface area (Å²) in [5.74, 6) is 2.41. The standard InChI is InChI=1S/C17H24N2O2/c1-10-9-11(2)21-15(10)12(3)18-19-16(20)14-13-7-5-6-8-17(13,14)4/h9,13-14H,5-8H2,1-4H3,(H,19,20)/b18-12-/t13-,14+,17-/m1/s1. The molecular weight excluding hydrogens is 264 g/mol. The normalized spacial score (nSPS) is 31.7. The number of aryl methyl sites for hydroxylation is 2. The van der Waals surface area contributed by atoms with E-state index in [0.29, 0.717) is 5.92 Å². The van der Waals surface area contributed by atoms with Gasteiger partial charge in [-0.1, -0.05) is 19.8 Å². The molecule has 2 saturated carbocycles. The molecule has 1 aromatic rings. The quantitative estimate of drug-likeness (QED) is 0.683. The minimum Gasteiger partial charge on any atom is -0.460 e. The summed E-state index contributed by atoms with van der Waals surface area (Å²) in [7, 11) is 0. The summed E-state index contributed by atoms with van der Waals surface area (Å²) in [6.45, 7) is 8.02. The maximum atomic E-state index is 12.4. The van der Waals surface area contributed by atoms with Gasteiger partial charge < -0.3 is 4.42 Å². The lowest BCUT2D eigenvalue weighted by molar-refractivity contribution is -0.123. The van der Waals surface area contributed by atoms with Gasteiger partial charge in [0.15, 0.2) is 5.76 Å². The molecule has 0 aromatic carbocycles. The summed E-state index contributed by atoms with van der Waals surface area (Å²) in [5.41, 5.74) is 4.75. The van der Waals surface area contributed by atoms with Gasteiger partial charge in [0, 0.05) is 5.92 Å². The number of hydrazone groups is 1. The number of carbonyl (C=O) groups excluding carboxylic acids is 1. The number of fused-ring (bicyclic) bond motifs is 1. The molecule has 2 aliphatic carbocycles. The van der Waals surface area contributed by atoms with E-state index >= 15 is 0 Å². The number of nitrogens with zero attached hydrogens (tertiary/aromatic N) is 1. The fraction of sp³-hybridized carbons (Fsp3) is 0.647. The van der Waals surface area contributed by atoms with Crippen LogP contribution in [0.15, 0.2) is 15.6 Å². The summed E-state index contributed by atoms with van der Waals surface area (Å²) in [6, 6.07) is 1.98. The van der Waals surface area contributed by atoms with Crippen molar-refractivity contribution in [3.8, 4) is 0 Å². The number of hydrogen-bond donors (Lipinski definition) is 1. The smallest absolute Gasteiger partial charge is 0.244 e. The number of rotatable bonds is 3. The van der Waals surface area contributed by atoms with Crippen molar-refractivity contribution in [2.75, 3.05) is 0 Å². The van der Waals surface area contributed by atoms with Crippen molar-refractivity contribution in [2.45, 2.75) is 53.4 Å². The summed E-state index contributed by atoms with van der Waals surface area (Å²) in [6.07, 6.45) is 4.88. The van der Waals surface area contributed by atoms with Crippen LogP contribution in [0.3, 0.4) is 0 Å². The predicted octanol–water partition coefficient (Wildman–Crippen LogP) is 3.56. The second-order valence-electron chi connectivity index (χ2n) is 6.88. The van der Waals surface area contributed by atoms with Crippen molar-refractivity contribution in [2.24, 2.45) is 22.4 Å². The third kappa shape index (κ3) is 2.41. The van der Waals surface area contributed by atoms with E-state index in [0.717, 1.165) is 22.8 Å². The largest absolute Gasteiger partial charge is 0.460 e. The Labute approximate surface area is 126 Å². The van der Waals surface area contributed by atoms with Gasteiger partial charge in [0.2, 0.25) is 5.91 Å². The number of nitrogens with one attached hydrogen (secondary N) is 1. The van der Waals surface area contributed by atoms with Crippen LogP contribution in [0.2, 0.25) is 0 Å². The maximum Gasteiger partial charge on any atom is 0.244 e. The van der Waals surface area contributed by atoms with Crippen molar-refractivity contribution in [1.82, 2.24) is 5.43 Å². The number of hydrogen-bond acceptors (Lipinski definition) is 3. The van der Waals surface area contributed by atoms with E-state index in [1.165, 1.54) is 25.7 Å². The van der Waals surface area contributed by atoms with E-state index in [1.54, 1.807) is 0 Å². The van der Waals surface area contributed by atoms with Crippen LogP contribution in [-0.2, 0) is 4.79 Å². The molecule has 2 fully saturated rings. The highest BCUT2D eigenvalue weighted by molar-refractivity contribution is 5.98. The maximum absolute atomic E-state index is 12.4. The molecule has 1 amide bonds. The zero-order chi connectivity index (χ0) is 15.2. The highest BCUT2D eigenvalue weighted by Gasteiger charge is 2.64. The molecule has 1 heterocycles. The fourth-order valence-electron chi connectivity index (χ4n) is 4.11. The third-order valence-electron chi connectivity index (χ3n) is 5.32. The second-order valence-corrected chi connectivity index (χ2v) is 6.88. The Bertz CT molecular complexity index is 602. The highest BCUT2D eigenvalue weighted by atomic mass is 16.3. The van der Waals surface area contributed by atoms with E-state index < -0.39 is 0 Å². The Kier molecular flexibility index (Phi) is 3.42. The topological polar surface area (TPSA) is 54.6 Å². The molecule has 21 heavy (non-hydrogen) atoms. The minimum absolute atomic E-state index is 0.0738. The van der Waals surface area contributed by atoms with Gasteiger partial charge in [-0.25, -0.2) is 5.43 Å². The first-order valence-corrected chi connectivity index (χ1v) is 7.85. The lowest BCUT2D eigenvalue weighted by Crippen LogP contribution is -2.23. The van der Waals surface area contributed by atoms with Crippen LogP contribution in [0.1, 0.15) is 56.6 Å². The molecule has 4 heteroatoms. The summed E-state index contributed by atoms with van der Waals surface area (Å²) in [5, 5.41) is 4.24. The molecule has 114 valence electrons. The average molecular weight is 288 g/mol.